The third-order valence-electron chi connectivity index (χ3n) is 4.46. The standard InChI is InChI=1S/C20H16O3S/c1-11-7-8-13(16(21)9-11)15-10-24-19-14-5-3-4-6-17(14)23-20(22)18(19)12(15)2/h3-9,15,21H,2,10H2,1H3. The molecule has 2 heterocycles. The first kappa shape index (κ1) is 15.1. The number of aromatic hydroxyl groups is 1. The monoisotopic (exact) mass is 336 g/mol. The number of phenolic OH excluding ortho intramolecular Hbond substituents is 1. The number of para-hydroxylation sites is 1. The SMILES string of the molecule is C=C1c2c(c3ccccc3oc2=O)SCC1c1ccc(C)cc1O. The number of aryl methyl sites for hydroxylation is 1. The quantitative estimate of drug-likeness (QED) is 0.654. The van der Waals surface area contributed by atoms with Gasteiger partial charge in [-0.3, -0.25) is 0 Å². The summed E-state index contributed by atoms with van der Waals surface area (Å²) in [5.74, 6) is 0.873. The van der Waals surface area contributed by atoms with Crippen LogP contribution in [0.4, 0.5) is 0 Å². The first-order chi connectivity index (χ1) is 11.6. The number of phenols is 1. The normalized spacial score (nSPS) is 17.0. The van der Waals surface area contributed by atoms with Gasteiger partial charge in [-0.25, -0.2) is 4.79 Å². The predicted octanol–water partition coefficient (Wildman–Crippen LogP) is 4.71. The van der Waals surface area contributed by atoms with E-state index in [0.29, 0.717) is 16.7 Å². The van der Waals surface area contributed by atoms with Gasteiger partial charge in [0.15, 0.2) is 0 Å². The number of allylic oxidation sites excluding steroid dienone is 1. The zero-order valence-electron chi connectivity index (χ0n) is 13.2. The van der Waals surface area contributed by atoms with Gasteiger partial charge in [-0.1, -0.05) is 36.9 Å². The van der Waals surface area contributed by atoms with Gasteiger partial charge in [-0.05, 0) is 30.2 Å². The molecule has 0 aliphatic carbocycles. The molecule has 0 saturated carbocycles. The van der Waals surface area contributed by atoms with E-state index in [2.05, 4.69) is 6.58 Å². The minimum absolute atomic E-state index is 0.104. The summed E-state index contributed by atoms with van der Waals surface area (Å²) in [6.07, 6.45) is 0. The summed E-state index contributed by atoms with van der Waals surface area (Å²) in [5, 5.41) is 11.2. The molecule has 1 atom stereocenters. The molecular formula is C20H16O3S. The van der Waals surface area contributed by atoms with Gasteiger partial charge in [0.25, 0.3) is 0 Å². The fourth-order valence-electron chi connectivity index (χ4n) is 3.22. The van der Waals surface area contributed by atoms with Gasteiger partial charge in [0, 0.05) is 27.5 Å². The second-order valence-corrected chi connectivity index (χ2v) is 7.07. The largest absolute Gasteiger partial charge is 0.508 e. The van der Waals surface area contributed by atoms with E-state index in [4.69, 9.17) is 4.42 Å². The number of hydrogen-bond acceptors (Lipinski definition) is 4. The molecule has 0 bridgehead atoms. The molecule has 0 fully saturated rings. The van der Waals surface area contributed by atoms with E-state index in [0.717, 1.165) is 27.2 Å². The van der Waals surface area contributed by atoms with Crippen molar-refractivity contribution in [2.24, 2.45) is 0 Å². The molecule has 3 aromatic rings. The van der Waals surface area contributed by atoms with Gasteiger partial charge >= 0.3 is 5.63 Å². The Labute approximate surface area is 143 Å². The topological polar surface area (TPSA) is 50.4 Å². The van der Waals surface area contributed by atoms with Crippen LogP contribution in [0.1, 0.15) is 22.6 Å². The molecule has 1 aliphatic heterocycles. The molecular weight excluding hydrogens is 320 g/mol. The van der Waals surface area contributed by atoms with Gasteiger partial charge in [-0.2, -0.15) is 0 Å². The maximum Gasteiger partial charge on any atom is 0.345 e. The third-order valence-corrected chi connectivity index (χ3v) is 5.68. The van der Waals surface area contributed by atoms with E-state index >= 15 is 0 Å². The number of hydrogen-bond donors (Lipinski definition) is 1. The number of rotatable bonds is 1. The highest BCUT2D eigenvalue weighted by atomic mass is 32.2. The van der Waals surface area contributed by atoms with Crippen molar-refractivity contribution >= 4 is 28.3 Å². The van der Waals surface area contributed by atoms with Crippen LogP contribution in [-0.4, -0.2) is 10.9 Å². The molecule has 0 spiro atoms. The Morgan fingerprint density at radius 2 is 2.04 bits per heavy atom. The minimum Gasteiger partial charge on any atom is -0.508 e. The van der Waals surface area contributed by atoms with Crippen LogP contribution in [0.3, 0.4) is 0 Å². The van der Waals surface area contributed by atoms with Crippen LogP contribution in [0, 0.1) is 6.92 Å². The fraction of sp³-hybridized carbons (Fsp3) is 0.150. The molecule has 4 heteroatoms. The van der Waals surface area contributed by atoms with Crippen LogP contribution in [0.5, 0.6) is 5.75 Å². The van der Waals surface area contributed by atoms with Crippen LogP contribution >= 0.6 is 11.8 Å². The minimum atomic E-state index is -0.363. The Morgan fingerprint density at radius 1 is 1.25 bits per heavy atom. The Balaban J connectivity index is 1.89. The number of fused-ring (bicyclic) bond motifs is 3. The average Bonchev–Trinajstić information content (AvgIpc) is 2.56. The third kappa shape index (κ3) is 2.26. The van der Waals surface area contributed by atoms with Gasteiger partial charge in [0.1, 0.15) is 11.3 Å². The maximum absolute atomic E-state index is 12.5. The fourth-order valence-corrected chi connectivity index (χ4v) is 4.61. The summed E-state index contributed by atoms with van der Waals surface area (Å²) >= 11 is 1.62. The maximum atomic E-state index is 12.5. The summed E-state index contributed by atoms with van der Waals surface area (Å²) in [6, 6.07) is 13.2. The summed E-state index contributed by atoms with van der Waals surface area (Å²) in [5.41, 5.74) is 3.28. The Kier molecular flexibility index (Phi) is 3.50. The molecule has 1 N–H and O–H groups in total. The van der Waals surface area contributed by atoms with Crippen molar-refractivity contribution in [2.75, 3.05) is 5.75 Å². The predicted molar refractivity (Wildman–Crippen MR) is 97.8 cm³/mol. The van der Waals surface area contributed by atoms with Crippen molar-refractivity contribution < 1.29 is 9.52 Å². The summed E-state index contributed by atoms with van der Waals surface area (Å²) < 4.78 is 5.47. The lowest BCUT2D eigenvalue weighted by atomic mass is 9.88. The van der Waals surface area contributed by atoms with Gasteiger partial charge < -0.3 is 9.52 Å². The molecule has 4 rings (SSSR count). The van der Waals surface area contributed by atoms with E-state index < -0.39 is 0 Å². The van der Waals surface area contributed by atoms with E-state index in [1.807, 2.05) is 37.3 Å². The van der Waals surface area contributed by atoms with Crippen LogP contribution in [-0.2, 0) is 0 Å². The number of benzene rings is 2. The van der Waals surface area contributed by atoms with Crippen LogP contribution in [0.25, 0.3) is 16.5 Å². The first-order valence-corrected chi connectivity index (χ1v) is 8.72. The van der Waals surface area contributed by atoms with Crippen molar-refractivity contribution in [3.63, 3.8) is 0 Å². The second kappa shape index (κ2) is 5.56. The van der Waals surface area contributed by atoms with Crippen molar-refractivity contribution in [3.8, 4) is 5.75 Å². The molecule has 1 unspecified atom stereocenters. The molecule has 120 valence electrons. The summed E-state index contributed by atoms with van der Waals surface area (Å²) in [6.45, 7) is 6.09. The molecule has 24 heavy (non-hydrogen) atoms. The Bertz CT molecular complexity index is 1030. The van der Waals surface area contributed by atoms with E-state index in [-0.39, 0.29) is 17.3 Å². The molecule has 2 aromatic carbocycles. The van der Waals surface area contributed by atoms with Gasteiger partial charge in [0.2, 0.25) is 0 Å². The van der Waals surface area contributed by atoms with E-state index in [1.54, 1.807) is 23.9 Å². The molecule has 1 aromatic heterocycles. The van der Waals surface area contributed by atoms with Gasteiger partial charge in [-0.15, -0.1) is 11.8 Å². The lowest BCUT2D eigenvalue weighted by Crippen LogP contribution is -2.18. The zero-order chi connectivity index (χ0) is 16.8. The molecule has 0 amide bonds. The highest BCUT2D eigenvalue weighted by Gasteiger charge is 2.30. The summed E-state index contributed by atoms with van der Waals surface area (Å²) in [4.78, 5) is 13.4. The zero-order valence-corrected chi connectivity index (χ0v) is 14.0. The molecule has 0 radical (unpaired) electrons. The van der Waals surface area contributed by atoms with Crippen molar-refractivity contribution in [3.05, 3.63) is 76.2 Å². The first-order valence-electron chi connectivity index (χ1n) is 7.73. The van der Waals surface area contributed by atoms with Crippen LogP contribution in [0.15, 0.2) is 63.2 Å². The van der Waals surface area contributed by atoms with Crippen LogP contribution < -0.4 is 5.63 Å². The van der Waals surface area contributed by atoms with Crippen molar-refractivity contribution in [1.29, 1.82) is 0 Å². The molecule has 1 aliphatic rings. The highest BCUT2D eigenvalue weighted by Crippen LogP contribution is 2.47. The van der Waals surface area contributed by atoms with Gasteiger partial charge in [0.05, 0.1) is 5.56 Å². The van der Waals surface area contributed by atoms with Crippen molar-refractivity contribution in [1.82, 2.24) is 0 Å². The van der Waals surface area contributed by atoms with Crippen molar-refractivity contribution in [2.45, 2.75) is 17.7 Å². The highest BCUT2D eigenvalue weighted by molar-refractivity contribution is 7.99. The van der Waals surface area contributed by atoms with E-state index in [1.165, 1.54) is 0 Å². The second-order valence-electron chi connectivity index (χ2n) is 6.04. The lowest BCUT2D eigenvalue weighted by molar-refractivity contribution is 0.466. The Morgan fingerprint density at radius 3 is 2.83 bits per heavy atom. The summed E-state index contributed by atoms with van der Waals surface area (Å²) in [7, 11) is 0. The average molecular weight is 336 g/mol. The Hall–Kier alpha value is -2.46. The lowest BCUT2D eigenvalue weighted by Gasteiger charge is -2.27. The number of thioether (sulfide) groups is 1. The smallest absolute Gasteiger partial charge is 0.345 e. The van der Waals surface area contributed by atoms with Crippen LogP contribution in [0.2, 0.25) is 0 Å². The molecule has 0 saturated heterocycles. The van der Waals surface area contributed by atoms with E-state index in [9.17, 15) is 9.90 Å². The molecule has 3 nitrogen and oxygen atoms in total.